The zero-order valence-corrected chi connectivity index (χ0v) is 9.85. The van der Waals surface area contributed by atoms with Crippen LogP contribution in [-0.4, -0.2) is 31.0 Å². The van der Waals surface area contributed by atoms with Crippen molar-refractivity contribution >= 4 is 10.0 Å². The second-order valence-electron chi connectivity index (χ2n) is 3.53. The van der Waals surface area contributed by atoms with Crippen LogP contribution in [0.5, 0.6) is 0 Å². The number of hydroxylamine groups is 1. The van der Waals surface area contributed by atoms with Gasteiger partial charge in [-0.3, -0.25) is 4.84 Å². The maximum Gasteiger partial charge on any atom is 0.267 e. The molecule has 0 aromatic carbocycles. The fraction of sp³-hybridized carbons (Fsp3) is 0.400. The first kappa shape index (κ1) is 12.0. The van der Waals surface area contributed by atoms with E-state index in [1.807, 2.05) is 0 Å². The molecule has 1 aromatic heterocycles. The van der Waals surface area contributed by atoms with Gasteiger partial charge in [-0.1, -0.05) is 4.47 Å². The van der Waals surface area contributed by atoms with E-state index in [0.717, 1.165) is 17.3 Å². The Kier molecular flexibility index (Phi) is 3.38. The van der Waals surface area contributed by atoms with Crippen LogP contribution in [0.3, 0.4) is 0 Å². The Balaban J connectivity index is 2.41. The van der Waals surface area contributed by atoms with Crippen molar-refractivity contribution in [2.75, 3.05) is 13.2 Å². The smallest absolute Gasteiger partial charge is 0.267 e. The summed E-state index contributed by atoms with van der Waals surface area (Å²) >= 11 is 0. The van der Waals surface area contributed by atoms with Gasteiger partial charge in [0.2, 0.25) is 0 Å². The molecular formula is C10H11N3O3S. The fourth-order valence-electron chi connectivity index (χ4n) is 1.56. The molecule has 90 valence electrons. The zero-order chi connectivity index (χ0) is 12.3. The Labute approximate surface area is 99.5 Å². The summed E-state index contributed by atoms with van der Waals surface area (Å²) in [5.74, 6) is 0. The number of nitriles is 1. The van der Waals surface area contributed by atoms with E-state index in [1.54, 1.807) is 6.07 Å². The van der Waals surface area contributed by atoms with Crippen molar-refractivity contribution in [2.24, 2.45) is 0 Å². The maximum atomic E-state index is 12.2. The Morgan fingerprint density at radius 1 is 1.47 bits per heavy atom. The van der Waals surface area contributed by atoms with Crippen LogP contribution in [0.2, 0.25) is 0 Å². The monoisotopic (exact) mass is 253 g/mol. The molecule has 1 aliphatic rings. The third kappa shape index (κ3) is 2.29. The molecule has 0 aliphatic carbocycles. The van der Waals surface area contributed by atoms with E-state index in [4.69, 9.17) is 10.1 Å². The third-order valence-corrected chi connectivity index (χ3v) is 4.10. The van der Waals surface area contributed by atoms with E-state index in [9.17, 15) is 8.42 Å². The molecule has 2 heterocycles. The van der Waals surface area contributed by atoms with Crippen molar-refractivity contribution in [3.05, 3.63) is 24.0 Å². The number of sulfonamides is 1. The van der Waals surface area contributed by atoms with Crippen LogP contribution in [0.15, 0.2) is 23.2 Å². The van der Waals surface area contributed by atoms with Gasteiger partial charge in [-0.15, -0.1) is 0 Å². The van der Waals surface area contributed by atoms with Crippen LogP contribution in [0.4, 0.5) is 0 Å². The summed E-state index contributed by atoms with van der Waals surface area (Å²) in [4.78, 5) is 8.73. The van der Waals surface area contributed by atoms with Gasteiger partial charge in [-0.25, -0.2) is 13.4 Å². The van der Waals surface area contributed by atoms with Crippen molar-refractivity contribution < 1.29 is 13.3 Å². The molecule has 0 unspecified atom stereocenters. The van der Waals surface area contributed by atoms with E-state index in [1.165, 1.54) is 18.3 Å². The highest BCUT2D eigenvalue weighted by atomic mass is 32.2. The molecule has 1 saturated heterocycles. The number of hydrogen-bond acceptors (Lipinski definition) is 5. The van der Waals surface area contributed by atoms with E-state index in [2.05, 4.69) is 4.98 Å². The predicted molar refractivity (Wildman–Crippen MR) is 58.0 cm³/mol. The molecule has 0 atom stereocenters. The van der Waals surface area contributed by atoms with Crippen LogP contribution >= 0.6 is 0 Å². The van der Waals surface area contributed by atoms with Crippen LogP contribution in [-0.2, 0) is 14.9 Å². The van der Waals surface area contributed by atoms with Crippen molar-refractivity contribution in [2.45, 2.75) is 17.7 Å². The topological polar surface area (TPSA) is 83.3 Å². The Hall–Kier alpha value is -1.49. The maximum absolute atomic E-state index is 12.2. The molecule has 1 aromatic rings. The first-order valence-electron chi connectivity index (χ1n) is 5.17. The molecule has 0 saturated carbocycles. The van der Waals surface area contributed by atoms with Gasteiger partial charge < -0.3 is 0 Å². The minimum Gasteiger partial charge on any atom is -0.284 e. The van der Waals surface area contributed by atoms with Crippen LogP contribution in [0.25, 0.3) is 0 Å². The number of rotatable bonds is 2. The van der Waals surface area contributed by atoms with Crippen molar-refractivity contribution in [1.29, 1.82) is 5.26 Å². The van der Waals surface area contributed by atoms with Gasteiger partial charge in [-0.2, -0.15) is 5.26 Å². The second kappa shape index (κ2) is 4.79. The van der Waals surface area contributed by atoms with E-state index >= 15 is 0 Å². The molecule has 7 heteroatoms. The quantitative estimate of drug-likeness (QED) is 0.773. The molecule has 1 fully saturated rings. The summed E-state index contributed by atoms with van der Waals surface area (Å²) in [5.41, 5.74) is -0.110. The average molecular weight is 253 g/mol. The molecule has 0 N–H and O–H groups in total. The third-order valence-electron chi connectivity index (χ3n) is 2.39. The number of nitrogens with zero attached hydrogens (tertiary/aromatic N) is 3. The summed E-state index contributed by atoms with van der Waals surface area (Å²) in [5, 5.41) is 8.84. The van der Waals surface area contributed by atoms with Gasteiger partial charge in [-0.05, 0) is 25.0 Å². The normalized spacial score (nSPS) is 17.6. The molecule has 0 bridgehead atoms. The number of aromatic nitrogens is 1. The Morgan fingerprint density at radius 3 is 2.94 bits per heavy atom. The van der Waals surface area contributed by atoms with Crippen LogP contribution in [0.1, 0.15) is 18.5 Å². The molecule has 2 rings (SSSR count). The fourth-order valence-corrected chi connectivity index (χ4v) is 2.95. The largest absolute Gasteiger partial charge is 0.284 e. The van der Waals surface area contributed by atoms with E-state index in [0.29, 0.717) is 13.2 Å². The molecule has 0 radical (unpaired) electrons. The summed E-state index contributed by atoms with van der Waals surface area (Å²) < 4.78 is 25.3. The van der Waals surface area contributed by atoms with Gasteiger partial charge in [0.15, 0.2) is 5.69 Å². The lowest BCUT2D eigenvalue weighted by Gasteiger charge is -2.25. The van der Waals surface area contributed by atoms with Gasteiger partial charge in [0, 0.05) is 12.7 Å². The molecule has 0 amide bonds. The molecule has 0 spiro atoms. The summed E-state index contributed by atoms with van der Waals surface area (Å²) in [6.07, 6.45) is 2.97. The SMILES string of the molecule is N#Cc1ncccc1S(=O)(=O)N1CCCCO1. The standard InChI is InChI=1S/C10H11N3O3S/c11-8-9-10(4-3-5-12-9)17(14,15)13-6-1-2-7-16-13/h3-5H,1-2,6-7H2. The minimum atomic E-state index is -3.78. The van der Waals surface area contributed by atoms with Crippen LogP contribution in [0, 0.1) is 11.3 Å². The Morgan fingerprint density at radius 2 is 2.29 bits per heavy atom. The molecule has 17 heavy (non-hydrogen) atoms. The highest BCUT2D eigenvalue weighted by Crippen LogP contribution is 2.21. The molecule has 6 nitrogen and oxygen atoms in total. The highest BCUT2D eigenvalue weighted by molar-refractivity contribution is 7.89. The Bertz CT molecular complexity index is 544. The predicted octanol–water partition coefficient (Wildman–Crippen LogP) is 0.669. The average Bonchev–Trinajstić information content (AvgIpc) is 2.39. The first-order valence-corrected chi connectivity index (χ1v) is 6.61. The summed E-state index contributed by atoms with van der Waals surface area (Å²) in [6.45, 7) is 0.684. The summed E-state index contributed by atoms with van der Waals surface area (Å²) in [6, 6.07) is 4.61. The van der Waals surface area contributed by atoms with E-state index < -0.39 is 10.0 Å². The lowest BCUT2D eigenvalue weighted by Crippen LogP contribution is -2.36. The second-order valence-corrected chi connectivity index (χ2v) is 5.33. The summed E-state index contributed by atoms with van der Waals surface area (Å²) in [7, 11) is -3.78. The van der Waals surface area contributed by atoms with Gasteiger partial charge in [0.25, 0.3) is 10.0 Å². The van der Waals surface area contributed by atoms with Gasteiger partial charge >= 0.3 is 0 Å². The van der Waals surface area contributed by atoms with Gasteiger partial charge in [0.1, 0.15) is 11.0 Å². The highest BCUT2D eigenvalue weighted by Gasteiger charge is 2.29. The lowest BCUT2D eigenvalue weighted by atomic mass is 10.3. The van der Waals surface area contributed by atoms with Crippen molar-refractivity contribution in [3.8, 4) is 6.07 Å². The molecule has 1 aliphatic heterocycles. The van der Waals surface area contributed by atoms with Gasteiger partial charge in [0.05, 0.1) is 6.61 Å². The number of pyridine rings is 1. The zero-order valence-electron chi connectivity index (χ0n) is 9.04. The lowest BCUT2D eigenvalue weighted by molar-refractivity contribution is -0.108. The first-order chi connectivity index (χ1) is 8.16. The van der Waals surface area contributed by atoms with E-state index in [-0.39, 0.29) is 10.6 Å². The minimum absolute atomic E-state index is 0.107. The van der Waals surface area contributed by atoms with Crippen LogP contribution < -0.4 is 0 Å². The van der Waals surface area contributed by atoms with Crippen molar-refractivity contribution in [3.63, 3.8) is 0 Å². The number of hydrogen-bond donors (Lipinski definition) is 0. The molecular weight excluding hydrogens is 242 g/mol. The van der Waals surface area contributed by atoms with Crippen molar-refractivity contribution in [1.82, 2.24) is 9.45 Å².